The predicted molar refractivity (Wildman–Crippen MR) is 76.2 cm³/mol. The number of benzene rings is 1. The number of aromatic carboxylic acids is 1. The van der Waals surface area contributed by atoms with Crippen LogP contribution in [0, 0.1) is 13.8 Å². The van der Waals surface area contributed by atoms with Crippen molar-refractivity contribution in [2.45, 2.75) is 23.8 Å². The average molecular weight is 294 g/mol. The Labute approximate surface area is 120 Å². The van der Waals surface area contributed by atoms with Crippen LogP contribution in [0.25, 0.3) is 0 Å². The molecular weight excluding hydrogens is 282 g/mol. The number of hydrogen-bond acceptors (Lipinski definition) is 3. The molecule has 0 saturated heterocycles. The SMILES string of the molecule is Cc1ccc(Sc2nc(Cl)ccc2C(=O)O)cc1C. The van der Waals surface area contributed by atoms with E-state index >= 15 is 0 Å². The van der Waals surface area contributed by atoms with E-state index in [9.17, 15) is 4.79 Å². The van der Waals surface area contributed by atoms with E-state index in [1.165, 1.54) is 29.5 Å². The van der Waals surface area contributed by atoms with Gasteiger partial charge in [0.1, 0.15) is 10.2 Å². The van der Waals surface area contributed by atoms with Crippen molar-refractivity contribution in [2.24, 2.45) is 0 Å². The van der Waals surface area contributed by atoms with Gasteiger partial charge in [-0.1, -0.05) is 29.4 Å². The number of halogens is 1. The van der Waals surface area contributed by atoms with E-state index in [4.69, 9.17) is 16.7 Å². The van der Waals surface area contributed by atoms with Crippen LogP contribution >= 0.6 is 23.4 Å². The second kappa shape index (κ2) is 5.63. The highest BCUT2D eigenvalue weighted by molar-refractivity contribution is 7.99. The van der Waals surface area contributed by atoms with Gasteiger partial charge in [0.05, 0.1) is 5.56 Å². The van der Waals surface area contributed by atoms with Crippen LogP contribution in [0.3, 0.4) is 0 Å². The second-order valence-electron chi connectivity index (χ2n) is 4.14. The van der Waals surface area contributed by atoms with E-state index in [2.05, 4.69) is 4.98 Å². The van der Waals surface area contributed by atoms with Gasteiger partial charge in [-0.05, 0) is 49.2 Å². The molecule has 2 aromatic rings. The van der Waals surface area contributed by atoms with Gasteiger partial charge < -0.3 is 5.11 Å². The van der Waals surface area contributed by atoms with Gasteiger partial charge in [0.15, 0.2) is 0 Å². The Morgan fingerprint density at radius 2 is 1.95 bits per heavy atom. The standard InChI is InChI=1S/C14H12ClNO2S/c1-8-3-4-10(7-9(8)2)19-13-11(14(17)18)5-6-12(15)16-13/h3-7H,1-2H3,(H,17,18). The summed E-state index contributed by atoms with van der Waals surface area (Å²) in [6, 6.07) is 8.91. The summed E-state index contributed by atoms with van der Waals surface area (Å²) in [6.45, 7) is 4.05. The van der Waals surface area contributed by atoms with Crippen LogP contribution in [0.15, 0.2) is 40.3 Å². The Morgan fingerprint density at radius 1 is 1.21 bits per heavy atom. The summed E-state index contributed by atoms with van der Waals surface area (Å²) in [6.07, 6.45) is 0. The fourth-order valence-electron chi connectivity index (χ4n) is 1.55. The molecule has 0 unspecified atom stereocenters. The smallest absolute Gasteiger partial charge is 0.338 e. The van der Waals surface area contributed by atoms with Gasteiger partial charge >= 0.3 is 5.97 Å². The molecule has 2 rings (SSSR count). The van der Waals surface area contributed by atoms with E-state index in [0.29, 0.717) is 5.03 Å². The second-order valence-corrected chi connectivity index (χ2v) is 5.59. The third-order valence-electron chi connectivity index (χ3n) is 2.75. The number of hydrogen-bond donors (Lipinski definition) is 1. The van der Waals surface area contributed by atoms with E-state index in [1.54, 1.807) is 0 Å². The number of nitrogens with zero attached hydrogens (tertiary/aromatic N) is 1. The molecule has 0 radical (unpaired) electrons. The van der Waals surface area contributed by atoms with Gasteiger partial charge in [0.2, 0.25) is 0 Å². The largest absolute Gasteiger partial charge is 0.478 e. The van der Waals surface area contributed by atoms with Crippen molar-refractivity contribution in [3.8, 4) is 0 Å². The van der Waals surface area contributed by atoms with Crippen LogP contribution in [-0.2, 0) is 0 Å². The number of carbonyl (C=O) groups is 1. The van der Waals surface area contributed by atoms with Crippen LogP contribution in [-0.4, -0.2) is 16.1 Å². The van der Waals surface area contributed by atoms with Crippen molar-refractivity contribution in [1.82, 2.24) is 4.98 Å². The van der Waals surface area contributed by atoms with Crippen LogP contribution in [0.5, 0.6) is 0 Å². The van der Waals surface area contributed by atoms with Crippen LogP contribution in [0.2, 0.25) is 5.15 Å². The molecule has 1 aromatic heterocycles. The zero-order valence-corrected chi connectivity index (χ0v) is 12.0. The normalized spacial score (nSPS) is 10.5. The summed E-state index contributed by atoms with van der Waals surface area (Å²) >= 11 is 7.13. The van der Waals surface area contributed by atoms with Gasteiger partial charge in [-0.3, -0.25) is 0 Å². The van der Waals surface area contributed by atoms with Crippen molar-refractivity contribution in [3.63, 3.8) is 0 Å². The Balaban J connectivity index is 2.39. The summed E-state index contributed by atoms with van der Waals surface area (Å²) < 4.78 is 0. The van der Waals surface area contributed by atoms with E-state index in [0.717, 1.165) is 10.5 Å². The Morgan fingerprint density at radius 3 is 2.58 bits per heavy atom. The number of pyridine rings is 1. The molecule has 0 aliphatic carbocycles. The quantitative estimate of drug-likeness (QED) is 0.862. The first-order valence-corrected chi connectivity index (χ1v) is 6.82. The first-order chi connectivity index (χ1) is 8.97. The van der Waals surface area contributed by atoms with Crippen LogP contribution in [0.4, 0.5) is 0 Å². The molecule has 19 heavy (non-hydrogen) atoms. The molecule has 0 saturated carbocycles. The van der Waals surface area contributed by atoms with Crippen molar-refractivity contribution < 1.29 is 9.90 Å². The first kappa shape index (κ1) is 13.9. The Bertz CT molecular complexity index is 643. The molecule has 1 heterocycles. The van der Waals surface area contributed by atoms with Gasteiger partial charge in [-0.2, -0.15) is 0 Å². The third-order valence-corrected chi connectivity index (χ3v) is 3.95. The molecule has 3 nitrogen and oxygen atoms in total. The summed E-state index contributed by atoms with van der Waals surface area (Å²) in [5, 5.41) is 9.83. The number of aryl methyl sites for hydroxylation is 2. The molecule has 0 fully saturated rings. The molecule has 0 atom stereocenters. The molecule has 0 spiro atoms. The minimum absolute atomic E-state index is 0.160. The molecule has 1 aromatic carbocycles. The lowest BCUT2D eigenvalue weighted by molar-refractivity contribution is 0.0692. The molecule has 0 aliphatic heterocycles. The van der Waals surface area contributed by atoms with E-state index in [1.807, 2.05) is 32.0 Å². The number of carboxylic acids is 1. The number of aromatic nitrogens is 1. The molecule has 0 bridgehead atoms. The first-order valence-electron chi connectivity index (χ1n) is 5.62. The highest BCUT2D eigenvalue weighted by atomic mass is 35.5. The third kappa shape index (κ3) is 3.28. The van der Waals surface area contributed by atoms with Crippen molar-refractivity contribution in [1.29, 1.82) is 0 Å². The van der Waals surface area contributed by atoms with Crippen molar-refractivity contribution in [2.75, 3.05) is 0 Å². The fraction of sp³-hybridized carbons (Fsp3) is 0.143. The summed E-state index contributed by atoms with van der Waals surface area (Å²) in [5.41, 5.74) is 2.51. The lowest BCUT2D eigenvalue weighted by Crippen LogP contribution is -2.00. The maximum absolute atomic E-state index is 11.1. The minimum atomic E-state index is -1.00. The van der Waals surface area contributed by atoms with Crippen LogP contribution < -0.4 is 0 Å². The monoisotopic (exact) mass is 293 g/mol. The molecule has 98 valence electrons. The molecule has 1 N–H and O–H groups in total. The number of carboxylic acid groups (broad SMARTS) is 1. The predicted octanol–water partition coefficient (Wildman–Crippen LogP) is 4.20. The minimum Gasteiger partial charge on any atom is -0.478 e. The van der Waals surface area contributed by atoms with Gasteiger partial charge in [0, 0.05) is 4.90 Å². The fourth-order valence-corrected chi connectivity index (χ4v) is 2.75. The highest BCUT2D eigenvalue weighted by Gasteiger charge is 2.13. The summed E-state index contributed by atoms with van der Waals surface area (Å²) in [7, 11) is 0. The maximum Gasteiger partial charge on any atom is 0.338 e. The van der Waals surface area contributed by atoms with Gasteiger partial charge in [0.25, 0.3) is 0 Å². The van der Waals surface area contributed by atoms with Crippen molar-refractivity contribution in [3.05, 3.63) is 52.2 Å². The average Bonchev–Trinajstić information content (AvgIpc) is 2.33. The number of rotatable bonds is 3. The maximum atomic E-state index is 11.1. The lowest BCUT2D eigenvalue weighted by atomic mass is 10.1. The zero-order chi connectivity index (χ0) is 14.0. The zero-order valence-electron chi connectivity index (χ0n) is 10.5. The van der Waals surface area contributed by atoms with Gasteiger partial charge in [-0.25, -0.2) is 9.78 Å². The topological polar surface area (TPSA) is 50.2 Å². The Kier molecular flexibility index (Phi) is 4.12. The van der Waals surface area contributed by atoms with Gasteiger partial charge in [-0.15, -0.1) is 0 Å². The molecule has 0 amide bonds. The van der Waals surface area contributed by atoms with Crippen molar-refractivity contribution >= 4 is 29.3 Å². The molecule has 5 heteroatoms. The molecule has 0 aliphatic rings. The molecular formula is C14H12ClNO2S. The van der Waals surface area contributed by atoms with E-state index < -0.39 is 5.97 Å². The summed E-state index contributed by atoms with van der Waals surface area (Å²) in [4.78, 5) is 16.2. The highest BCUT2D eigenvalue weighted by Crippen LogP contribution is 2.31. The Hall–Kier alpha value is -1.52. The van der Waals surface area contributed by atoms with Crippen LogP contribution in [0.1, 0.15) is 21.5 Å². The van der Waals surface area contributed by atoms with E-state index in [-0.39, 0.29) is 10.7 Å². The lowest BCUT2D eigenvalue weighted by Gasteiger charge is -2.07. The summed E-state index contributed by atoms with van der Waals surface area (Å²) in [5.74, 6) is -1.00.